The molecule has 1 N–H and O–H groups in total. The molecule has 4 aromatic heterocycles. The smallest absolute Gasteiger partial charge is 0.341 e. The molecule has 1 amide bonds. The Hall–Kier alpha value is -3.57. The standard InChI is InChI=1S/C21H18N4O5S2/c1-3-29-21(28)18-14(15-5-4-8-31-15)11-32-19(18)22-17(26)10-30-20(27)13-6-7-16-24-23-12(2)25(16)9-13/h4-9,11H,3,10H2,1-2H3,(H,22,26). The van der Waals surface area contributed by atoms with Crippen LogP contribution in [0.3, 0.4) is 0 Å². The van der Waals surface area contributed by atoms with Crippen molar-refractivity contribution in [3.63, 3.8) is 0 Å². The lowest BCUT2D eigenvalue weighted by atomic mass is 10.1. The number of aryl methyl sites for hydroxylation is 1. The molecule has 0 spiro atoms. The van der Waals surface area contributed by atoms with Crippen molar-refractivity contribution in [1.29, 1.82) is 0 Å². The number of fused-ring (bicyclic) bond motifs is 1. The molecular weight excluding hydrogens is 452 g/mol. The summed E-state index contributed by atoms with van der Waals surface area (Å²) in [5.74, 6) is -1.13. The van der Waals surface area contributed by atoms with E-state index in [2.05, 4.69) is 15.5 Å². The first-order valence-corrected chi connectivity index (χ1v) is 11.3. The monoisotopic (exact) mass is 470 g/mol. The van der Waals surface area contributed by atoms with Gasteiger partial charge in [-0.1, -0.05) is 6.07 Å². The van der Waals surface area contributed by atoms with Crippen LogP contribution in [0.15, 0.2) is 41.2 Å². The molecule has 4 heterocycles. The predicted octanol–water partition coefficient (Wildman–Crippen LogP) is 3.80. The lowest BCUT2D eigenvalue weighted by Gasteiger charge is -2.09. The van der Waals surface area contributed by atoms with Gasteiger partial charge in [0.1, 0.15) is 16.4 Å². The predicted molar refractivity (Wildman–Crippen MR) is 120 cm³/mol. The quantitative estimate of drug-likeness (QED) is 0.409. The van der Waals surface area contributed by atoms with Crippen LogP contribution in [-0.4, -0.2) is 45.7 Å². The largest absolute Gasteiger partial charge is 0.462 e. The molecule has 9 nitrogen and oxygen atoms in total. The number of aromatic nitrogens is 3. The molecule has 4 rings (SSSR count). The summed E-state index contributed by atoms with van der Waals surface area (Å²) in [5.41, 5.74) is 1.83. The molecule has 164 valence electrons. The highest BCUT2D eigenvalue weighted by molar-refractivity contribution is 7.17. The van der Waals surface area contributed by atoms with Crippen molar-refractivity contribution in [2.45, 2.75) is 13.8 Å². The first kappa shape index (κ1) is 21.7. The number of esters is 2. The van der Waals surface area contributed by atoms with Crippen LogP contribution in [0.2, 0.25) is 0 Å². The molecule has 11 heteroatoms. The van der Waals surface area contributed by atoms with Crippen LogP contribution < -0.4 is 5.32 Å². The number of thiophene rings is 2. The summed E-state index contributed by atoms with van der Waals surface area (Å²) in [6.07, 6.45) is 1.55. The van der Waals surface area contributed by atoms with E-state index >= 15 is 0 Å². The van der Waals surface area contributed by atoms with E-state index in [1.807, 2.05) is 17.5 Å². The van der Waals surface area contributed by atoms with E-state index in [-0.39, 0.29) is 17.7 Å². The fourth-order valence-corrected chi connectivity index (χ4v) is 4.76. The van der Waals surface area contributed by atoms with Crippen molar-refractivity contribution in [1.82, 2.24) is 14.6 Å². The van der Waals surface area contributed by atoms with Crippen molar-refractivity contribution >= 4 is 51.2 Å². The Morgan fingerprint density at radius 1 is 1.09 bits per heavy atom. The van der Waals surface area contributed by atoms with E-state index in [0.29, 0.717) is 22.0 Å². The van der Waals surface area contributed by atoms with Crippen molar-refractivity contribution in [3.8, 4) is 10.4 Å². The molecule has 0 fully saturated rings. The Labute approximate surface area is 190 Å². The number of hydrogen-bond donors (Lipinski definition) is 1. The second-order valence-corrected chi connectivity index (χ2v) is 8.40. The summed E-state index contributed by atoms with van der Waals surface area (Å²) >= 11 is 2.69. The van der Waals surface area contributed by atoms with Gasteiger partial charge in [-0.3, -0.25) is 9.20 Å². The van der Waals surface area contributed by atoms with E-state index < -0.39 is 24.5 Å². The van der Waals surface area contributed by atoms with Crippen LogP contribution in [0.5, 0.6) is 0 Å². The van der Waals surface area contributed by atoms with E-state index in [4.69, 9.17) is 9.47 Å². The number of rotatable bonds is 7. The SMILES string of the molecule is CCOC(=O)c1c(-c2cccs2)csc1NC(=O)COC(=O)c1ccc2nnc(C)n2c1. The average molecular weight is 471 g/mol. The third kappa shape index (κ3) is 4.39. The lowest BCUT2D eigenvalue weighted by molar-refractivity contribution is -0.119. The number of nitrogens with zero attached hydrogens (tertiary/aromatic N) is 3. The van der Waals surface area contributed by atoms with Crippen molar-refractivity contribution in [3.05, 3.63) is 58.2 Å². The van der Waals surface area contributed by atoms with E-state index in [1.54, 1.807) is 42.0 Å². The summed E-state index contributed by atoms with van der Waals surface area (Å²) < 4.78 is 12.0. The lowest BCUT2D eigenvalue weighted by Crippen LogP contribution is -2.22. The second-order valence-electron chi connectivity index (χ2n) is 6.57. The van der Waals surface area contributed by atoms with Gasteiger partial charge in [-0.25, -0.2) is 9.59 Å². The van der Waals surface area contributed by atoms with E-state index in [1.165, 1.54) is 22.7 Å². The van der Waals surface area contributed by atoms with Gasteiger partial charge in [0, 0.05) is 22.0 Å². The summed E-state index contributed by atoms with van der Waals surface area (Å²) in [7, 11) is 0. The number of ether oxygens (including phenoxy) is 2. The van der Waals surface area contributed by atoms with Crippen LogP contribution in [0.4, 0.5) is 5.00 Å². The number of pyridine rings is 1. The normalized spacial score (nSPS) is 10.8. The number of nitrogens with one attached hydrogen (secondary N) is 1. The molecule has 0 saturated heterocycles. The third-order valence-corrected chi connectivity index (χ3v) is 6.25. The minimum atomic E-state index is -0.661. The highest BCUT2D eigenvalue weighted by atomic mass is 32.1. The number of hydrogen-bond acceptors (Lipinski definition) is 9. The summed E-state index contributed by atoms with van der Waals surface area (Å²) in [5, 5.41) is 14.6. The van der Waals surface area contributed by atoms with Gasteiger partial charge in [0.25, 0.3) is 5.91 Å². The van der Waals surface area contributed by atoms with Crippen LogP contribution in [0, 0.1) is 6.92 Å². The van der Waals surface area contributed by atoms with Gasteiger partial charge in [0.05, 0.1) is 12.2 Å². The second kappa shape index (κ2) is 9.28. The summed E-state index contributed by atoms with van der Waals surface area (Å²) in [6.45, 7) is 3.17. The summed E-state index contributed by atoms with van der Waals surface area (Å²) in [6, 6.07) is 6.95. The topological polar surface area (TPSA) is 112 Å². The third-order valence-electron chi connectivity index (χ3n) is 4.45. The zero-order valence-electron chi connectivity index (χ0n) is 17.2. The fourth-order valence-electron chi connectivity index (χ4n) is 2.97. The van der Waals surface area contributed by atoms with Gasteiger partial charge in [0.15, 0.2) is 12.3 Å². The highest BCUT2D eigenvalue weighted by Crippen LogP contribution is 2.38. The maximum atomic E-state index is 12.5. The molecule has 0 aliphatic heterocycles. The van der Waals surface area contributed by atoms with Gasteiger partial charge in [-0.2, -0.15) is 0 Å². The minimum Gasteiger partial charge on any atom is -0.462 e. The zero-order valence-corrected chi connectivity index (χ0v) is 18.8. The molecular formula is C21H18N4O5S2. The summed E-state index contributed by atoms with van der Waals surface area (Å²) in [4.78, 5) is 38.2. The number of amides is 1. The Morgan fingerprint density at radius 3 is 2.69 bits per heavy atom. The van der Waals surface area contributed by atoms with Crippen molar-refractivity contribution < 1.29 is 23.9 Å². The Kier molecular flexibility index (Phi) is 6.28. The molecule has 0 radical (unpaired) electrons. The number of carbonyl (C=O) groups is 3. The van der Waals surface area contributed by atoms with Gasteiger partial charge in [0.2, 0.25) is 0 Å². The van der Waals surface area contributed by atoms with Crippen LogP contribution in [-0.2, 0) is 14.3 Å². The molecule has 0 aromatic carbocycles. The minimum absolute atomic E-state index is 0.208. The van der Waals surface area contributed by atoms with E-state index in [9.17, 15) is 14.4 Å². The van der Waals surface area contributed by atoms with Gasteiger partial charge in [-0.15, -0.1) is 32.9 Å². The maximum Gasteiger partial charge on any atom is 0.341 e. The van der Waals surface area contributed by atoms with Gasteiger partial charge in [-0.05, 0) is 37.4 Å². The van der Waals surface area contributed by atoms with Crippen LogP contribution in [0.1, 0.15) is 33.5 Å². The molecule has 32 heavy (non-hydrogen) atoms. The van der Waals surface area contributed by atoms with Gasteiger partial charge < -0.3 is 14.8 Å². The maximum absolute atomic E-state index is 12.5. The fraction of sp³-hybridized carbons (Fsp3) is 0.190. The molecule has 0 aliphatic rings. The van der Waals surface area contributed by atoms with Crippen molar-refractivity contribution in [2.75, 3.05) is 18.5 Å². The molecule has 0 bridgehead atoms. The average Bonchev–Trinajstić information content (AvgIpc) is 3.52. The number of anilines is 1. The molecule has 0 saturated carbocycles. The highest BCUT2D eigenvalue weighted by Gasteiger charge is 2.23. The molecule has 4 aromatic rings. The van der Waals surface area contributed by atoms with E-state index in [0.717, 1.165) is 4.88 Å². The molecule has 0 aliphatic carbocycles. The number of carbonyl (C=O) groups excluding carboxylic acids is 3. The zero-order chi connectivity index (χ0) is 22.7. The Bertz CT molecular complexity index is 1290. The van der Waals surface area contributed by atoms with Crippen LogP contribution in [0.25, 0.3) is 16.1 Å². The van der Waals surface area contributed by atoms with Gasteiger partial charge >= 0.3 is 11.9 Å². The Balaban J connectivity index is 1.46. The Morgan fingerprint density at radius 2 is 1.94 bits per heavy atom. The first-order valence-electron chi connectivity index (χ1n) is 9.58. The molecule has 0 atom stereocenters. The van der Waals surface area contributed by atoms with Crippen LogP contribution >= 0.6 is 22.7 Å². The first-order chi connectivity index (χ1) is 15.5. The molecule has 0 unspecified atom stereocenters. The van der Waals surface area contributed by atoms with Crippen molar-refractivity contribution in [2.24, 2.45) is 0 Å².